The fourth-order valence-electron chi connectivity index (χ4n) is 4.54. The standard InChI is InChI=1S/C28H39N5O2/c1-18-8-9-25(33-16-19(2)32(6)20(3)17-33)13-27(18)28(34)31-21(4)22-10-23(12-26(11-22)35-7)24(14-29)15-30-5/h8-15,19-21,29-30H,16-17H2,1-7H3,(H,31,34)/b24-15+,29-14?/t19-,20+,21-/m1/s1. The third-order valence-electron chi connectivity index (χ3n) is 6.99. The lowest BCUT2D eigenvalue weighted by atomic mass is 9.99. The van der Waals surface area contributed by atoms with Crippen LogP contribution in [-0.4, -0.2) is 63.4 Å². The Kier molecular flexibility index (Phi) is 8.57. The van der Waals surface area contributed by atoms with Crippen LogP contribution in [0.2, 0.25) is 0 Å². The van der Waals surface area contributed by atoms with Crippen LogP contribution in [0.1, 0.15) is 53.9 Å². The van der Waals surface area contributed by atoms with Gasteiger partial charge in [-0.2, -0.15) is 0 Å². The molecule has 1 amide bonds. The molecule has 0 aliphatic carbocycles. The van der Waals surface area contributed by atoms with E-state index < -0.39 is 0 Å². The third kappa shape index (κ3) is 6.03. The Labute approximate surface area is 209 Å². The summed E-state index contributed by atoms with van der Waals surface area (Å²) in [6.45, 7) is 10.3. The number of allylic oxidation sites excluding steroid dienone is 1. The Bertz CT molecular complexity index is 1080. The zero-order valence-electron chi connectivity index (χ0n) is 22.0. The fourth-order valence-corrected chi connectivity index (χ4v) is 4.54. The number of carbonyl (C=O) groups excluding carboxylic acids is 1. The molecule has 1 fully saturated rings. The molecule has 0 bridgehead atoms. The fraction of sp³-hybridized carbons (Fsp3) is 0.429. The highest BCUT2D eigenvalue weighted by Gasteiger charge is 2.27. The Morgan fingerprint density at radius 2 is 1.86 bits per heavy atom. The van der Waals surface area contributed by atoms with Crippen LogP contribution < -0.4 is 20.3 Å². The summed E-state index contributed by atoms with van der Waals surface area (Å²) < 4.78 is 5.49. The van der Waals surface area contributed by atoms with Crippen molar-refractivity contribution in [1.82, 2.24) is 15.5 Å². The number of hydrogen-bond acceptors (Lipinski definition) is 6. The van der Waals surface area contributed by atoms with Crippen LogP contribution >= 0.6 is 0 Å². The molecule has 2 aromatic rings. The van der Waals surface area contributed by atoms with Crippen LogP contribution in [0.4, 0.5) is 5.69 Å². The molecule has 1 aliphatic rings. The number of amides is 1. The molecule has 3 N–H and O–H groups in total. The number of benzene rings is 2. The van der Waals surface area contributed by atoms with Crippen molar-refractivity contribution in [3.63, 3.8) is 0 Å². The molecule has 2 aromatic carbocycles. The van der Waals surface area contributed by atoms with Crippen molar-refractivity contribution in [2.75, 3.05) is 39.2 Å². The quantitative estimate of drug-likeness (QED) is 0.496. The van der Waals surface area contributed by atoms with Gasteiger partial charge in [0.2, 0.25) is 0 Å². The molecule has 0 unspecified atom stereocenters. The van der Waals surface area contributed by atoms with Crippen LogP contribution in [0.5, 0.6) is 5.75 Å². The van der Waals surface area contributed by atoms with E-state index >= 15 is 0 Å². The maximum Gasteiger partial charge on any atom is 0.252 e. The Morgan fingerprint density at radius 3 is 2.46 bits per heavy atom. The van der Waals surface area contributed by atoms with Gasteiger partial charge in [-0.25, -0.2) is 0 Å². The zero-order chi connectivity index (χ0) is 25.7. The number of hydrogen-bond donors (Lipinski definition) is 3. The van der Waals surface area contributed by atoms with E-state index in [1.165, 1.54) is 6.21 Å². The van der Waals surface area contributed by atoms with Crippen LogP contribution in [0, 0.1) is 12.3 Å². The highest BCUT2D eigenvalue weighted by atomic mass is 16.5. The van der Waals surface area contributed by atoms with Crippen LogP contribution in [0.15, 0.2) is 42.6 Å². The number of piperazine rings is 1. The van der Waals surface area contributed by atoms with Crippen LogP contribution in [-0.2, 0) is 0 Å². The van der Waals surface area contributed by atoms with Crippen molar-refractivity contribution in [3.8, 4) is 5.75 Å². The second-order valence-electron chi connectivity index (χ2n) is 9.49. The molecule has 35 heavy (non-hydrogen) atoms. The van der Waals surface area contributed by atoms with Crippen molar-refractivity contribution >= 4 is 23.4 Å². The van der Waals surface area contributed by atoms with E-state index in [9.17, 15) is 4.79 Å². The molecule has 0 radical (unpaired) electrons. The summed E-state index contributed by atoms with van der Waals surface area (Å²) >= 11 is 0. The summed E-state index contributed by atoms with van der Waals surface area (Å²) in [7, 11) is 5.59. The van der Waals surface area contributed by atoms with Gasteiger partial charge in [-0.1, -0.05) is 6.07 Å². The molecular formula is C28H39N5O2. The highest BCUT2D eigenvalue weighted by Crippen LogP contribution is 2.27. The average Bonchev–Trinajstić information content (AvgIpc) is 2.85. The van der Waals surface area contributed by atoms with E-state index in [0.717, 1.165) is 41.0 Å². The predicted molar refractivity (Wildman–Crippen MR) is 145 cm³/mol. The maximum atomic E-state index is 13.4. The number of likely N-dealkylation sites (N-methyl/N-ethyl adjacent to an activating group) is 1. The summed E-state index contributed by atoms with van der Waals surface area (Å²) in [4.78, 5) is 18.1. The number of rotatable bonds is 8. The van der Waals surface area contributed by atoms with Crippen molar-refractivity contribution in [2.45, 2.75) is 45.8 Å². The van der Waals surface area contributed by atoms with E-state index in [4.69, 9.17) is 10.1 Å². The molecule has 3 atom stereocenters. The number of methoxy groups -OCH3 is 1. The second kappa shape index (κ2) is 11.4. The lowest BCUT2D eigenvalue weighted by Gasteiger charge is -2.43. The summed E-state index contributed by atoms with van der Waals surface area (Å²) in [5, 5.41) is 13.9. The van der Waals surface area contributed by atoms with Gasteiger partial charge in [0.1, 0.15) is 5.75 Å². The predicted octanol–water partition coefficient (Wildman–Crippen LogP) is 4.23. The topological polar surface area (TPSA) is 80.7 Å². The lowest BCUT2D eigenvalue weighted by molar-refractivity contribution is 0.0939. The van der Waals surface area contributed by atoms with Gasteiger partial charge in [0, 0.05) is 61.5 Å². The minimum atomic E-state index is -0.246. The Hall–Kier alpha value is -3.32. The first-order valence-electron chi connectivity index (χ1n) is 12.1. The van der Waals surface area contributed by atoms with E-state index in [-0.39, 0.29) is 11.9 Å². The first kappa shape index (κ1) is 26.3. The molecule has 0 spiro atoms. The molecular weight excluding hydrogens is 438 g/mol. The number of aryl methyl sites for hydroxylation is 1. The smallest absolute Gasteiger partial charge is 0.252 e. The van der Waals surface area contributed by atoms with Gasteiger partial charge in [-0.05, 0) is 81.8 Å². The third-order valence-corrected chi connectivity index (χ3v) is 6.99. The number of ether oxygens (including phenoxy) is 1. The minimum absolute atomic E-state index is 0.102. The lowest BCUT2D eigenvalue weighted by Crippen LogP contribution is -2.55. The van der Waals surface area contributed by atoms with Gasteiger partial charge in [-0.15, -0.1) is 0 Å². The molecule has 1 saturated heterocycles. The molecule has 7 heteroatoms. The Balaban J connectivity index is 1.84. The molecule has 3 rings (SSSR count). The highest BCUT2D eigenvalue weighted by molar-refractivity contribution is 6.08. The van der Waals surface area contributed by atoms with Crippen LogP contribution in [0.3, 0.4) is 0 Å². The molecule has 0 saturated carbocycles. The van der Waals surface area contributed by atoms with Gasteiger partial charge in [0.15, 0.2) is 0 Å². The molecule has 188 valence electrons. The first-order valence-corrected chi connectivity index (χ1v) is 12.1. The molecule has 0 aromatic heterocycles. The SMILES string of the molecule is CN/C=C(\C=N)c1cc(OC)cc([C@@H](C)NC(=O)c2cc(N3C[C@@H](C)N(C)[C@@H](C)C3)ccc2C)c1. The Morgan fingerprint density at radius 1 is 1.17 bits per heavy atom. The van der Waals surface area contributed by atoms with E-state index in [1.54, 1.807) is 20.4 Å². The van der Waals surface area contributed by atoms with Crippen molar-refractivity contribution in [2.24, 2.45) is 0 Å². The summed E-state index contributed by atoms with van der Waals surface area (Å²) in [6.07, 6.45) is 3.07. The second-order valence-corrected chi connectivity index (χ2v) is 9.49. The number of nitrogens with one attached hydrogen (secondary N) is 3. The van der Waals surface area contributed by atoms with Crippen molar-refractivity contribution in [1.29, 1.82) is 5.41 Å². The first-order chi connectivity index (χ1) is 16.7. The van der Waals surface area contributed by atoms with Gasteiger partial charge in [0.05, 0.1) is 13.2 Å². The normalized spacial score (nSPS) is 19.7. The minimum Gasteiger partial charge on any atom is -0.497 e. The monoisotopic (exact) mass is 477 g/mol. The van der Waals surface area contributed by atoms with Gasteiger partial charge in [-0.3, -0.25) is 9.69 Å². The summed E-state index contributed by atoms with van der Waals surface area (Å²) in [6, 6.07) is 12.6. The van der Waals surface area contributed by atoms with Gasteiger partial charge < -0.3 is 25.7 Å². The van der Waals surface area contributed by atoms with E-state index in [1.807, 2.05) is 44.2 Å². The van der Waals surface area contributed by atoms with E-state index in [0.29, 0.717) is 23.4 Å². The molecule has 1 heterocycles. The van der Waals surface area contributed by atoms with Gasteiger partial charge >= 0.3 is 0 Å². The van der Waals surface area contributed by atoms with Crippen LogP contribution in [0.25, 0.3) is 5.57 Å². The zero-order valence-corrected chi connectivity index (χ0v) is 22.0. The van der Waals surface area contributed by atoms with E-state index in [2.05, 4.69) is 47.4 Å². The summed E-state index contributed by atoms with van der Waals surface area (Å²) in [5.74, 6) is 0.577. The van der Waals surface area contributed by atoms with Gasteiger partial charge in [0.25, 0.3) is 5.91 Å². The maximum absolute atomic E-state index is 13.4. The largest absolute Gasteiger partial charge is 0.497 e. The number of carbonyl (C=O) groups is 1. The molecule has 1 aliphatic heterocycles. The number of anilines is 1. The van der Waals surface area contributed by atoms with Crippen molar-refractivity contribution in [3.05, 3.63) is 64.9 Å². The van der Waals surface area contributed by atoms with Crippen molar-refractivity contribution < 1.29 is 9.53 Å². The number of nitrogens with zero attached hydrogens (tertiary/aromatic N) is 2. The molecule has 7 nitrogen and oxygen atoms in total. The average molecular weight is 478 g/mol. The summed E-state index contributed by atoms with van der Waals surface area (Å²) in [5.41, 5.74) is 5.20.